The second-order valence-electron chi connectivity index (χ2n) is 8.55. The lowest BCUT2D eigenvalue weighted by Gasteiger charge is -2.29. The molecule has 0 aliphatic carbocycles. The highest BCUT2D eigenvalue weighted by atomic mass is 16.5. The van der Waals surface area contributed by atoms with Crippen LogP contribution in [0.2, 0.25) is 0 Å². The van der Waals surface area contributed by atoms with Crippen molar-refractivity contribution in [3.05, 3.63) is 65.2 Å². The van der Waals surface area contributed by atoms with Crippen molar-refractivity contribution in [3.8, 4) is 5.75 Å². The van der Waals surface area contributed by atoms with Crippen molar-refractivity contribution >= 4 is 5.91 Å². The highest BCUT2D eigenvalue weighted by molar-refractivity contribution is 5.77. The van der Waals surface area contributed by atoms with E-state index in [1.165, 1.54) is 16.7 Å². The Bertz CT molecular complexity index is 855. The first kappa shape index (κ1) is 24.2. The second-order valence-corrected chi connectivity index (χ2v) is 8.55. The summed E-state index contributed by atoms with van der Waals surface area (Å²) >= 11 is 0. The van der Waals surface area contributed by atoms with Gasteiger partial charge >= 0.3 is 0 Å². The summed E-state index contributed by atoms with van der Waals surface area (Å²) in [5.41, 5.74) is 3.78. The Morgan fingerprint density at radius 2 is 1.78 bits per heavy atom. The van der Waals surface area contributed by atoms with Gasteiger partial charge < -0.3 is 19.1 Å². The van der Waals surface area contributed by atoms with Gasteiger partial charge in [0.2, 0.25) is 5.91 Å². The number of aryl methyl sites for hydroxylation is 1. The molecule has 1 aliphatic heterocycles. The zero-order chi connectivity index (χ0) is 22.9. The first-order valence-electron chi connectivity index (χ1n) is 11.2. The second kappa shape index (κ2) is 12.0. The van der Waals surface area contributed by atoms with E-state index in [4.69, 9.17) is 14.2 Å². The number of rotatable bonds is 11. The van der Waals surface area contributed by atoms with Crippen molar-refractivity contribution in [2.24, 2.45) is 5.92 Å². The van der Waals surface area contributed by atoms with E-state index in [0.29, 0.717) is 19.7 Å². The molecule has 2 unspecified atom stereocenters. The van der Waals surface area contributed by atoms with Crippen molar-refractivity contribution in [1.29, 1.82) is 0 Å². The van der Waals surface area contributed by atoms with Crippen molar-refractivity contribution in [2.45, 2.75) is 19.4 Å². The Hall–Kier alpha value is -2.41. The van der Waals surface area contributed by atoms with Crippen molar-refractivity contribution in [2.75, 3.05) is 60.7 Å². The van der Waals surface area contributed by atoms with Crippen LogP contribution in [0.25, 0.3) is 0 Å². The summed E-state index contributed by atoms with van der Waals surface area (Å²) in [6.45, 7) is 6.67. The molecule has 0 N–H and O–H groups in total. The van der Waals surface area contributed by atoms with E-state index in [1.54, 1.807) is 21.3 Å². The molecule has 0 bridgehead atoms. The Morgan fingerprint density at radius 1 is 1.03 bits per heavy atom. The molecule has 0 aromatic heterocycles. The van der Waals surface area contributed by atoms with Crippen molar-refractivity contribution < 1.29 is 19.0 Å². The molecule has 3 rings (SSSR count). The minimum absolute atomic E-state index is 0.000288. The molecule has 2 atom stereocenters. The predicted octanol–water partition coefficient (Wildman–Crippen LogP) is 3.34. The lowest BCUT2D eigenvalue weighted by atomic mass is 9.88. The molecule has 2 aromatic rings. The maximum Gasteiger partial charge on any atom is 0.248 e. The van der Waals surface area contributed by atoms with Crippen LogP contribution in [-0.2, 0) is 20.8 Å². The van der Waals surface area contributed by atoms with Gasteiger partial charge in [-0.15, -0.1) is 0 Å². The summed E-state index contributed by atoms with van der Waals surface area (Å²) in [5.74, 6) is 1.47. The van der Waals surface area contributed by atoms with Gasteiger partial charge in [0.15, 0.2) is 0 Å². The van der Waals surface area contributed by atoms with E-state index in [1.807, 2.05) is 17.0 Å². The molecular formula is C26H36N2O4. The molecule has 0 radical (unpaired) electrons. The summed E-state index contributed by atoms with van der Waals surface area (Å²) in [7, 11) is 4.94. The Balaban J connectivity index is 1.83. The van der Waals surface area contributed by atoms with Gasteiger partial charge in [-0.2, -0.15) is 0 Å². The average molecular weight is 441 g/mol. The molecule has 2 aromatic carbocycles. The number of likely N-dealkylation sites (tertiary alicyclic amines) is 1. The fourth-order valence-electron chi connectivity index (χ4n) is 4.57. The third-order valence-corrected chi connectivity index (χ3v) is 6.22. The largest absolute Gasteiger partial charge is 0.496 e. The molecule has 1 aliphatic rings. The van der Waals surface area contributed by atoms with Crippen molar-refractivity contribution in [3.63, 3.8) is 0 Å². The first-order chi connectivity index (χ1) is 15.5. The number of methoxy groups -OCH3 is 3. The van der Waals surface area contributed by atoms with Crippen LogP contribution in [0.5, 0.6) is 5.75 Å². The molecule has 6 nitrogen and oxygen atoms in total. The third kappa shape index (κ3) is 6.31. The first-order valence-corrected chi connectivity index (χ1v) is 11.2. The van der Waals surface area contributed by atoms with Gasteiger partial charge in [0.25, 0.3) is 0 Å². The number of hydrogen-bond acceptors (Lipinski definition) is 5. The Morgan fingerprint density at radius 3 is 2.47 bits per heavy atom. The molecule has 1 amide bonds. The molecule has 1 saturated heterocycles. The quantitative estimate of drug-likeness (QED) is 0.536. The lowest BCUT2D eigenvalue weighted by Crippen LogP contribution is -2.41. The fraction of sp³-hybridized carbons (Fsp3) is 0.500. The van der Waals surface area contributed by atoms with Gasteiger partial charge in [-0.25, -0.2) is 0 Å². The minimum atomic E-state index is 0.000288. The van der Waals surface area contributed by atoms with Gasteiger partial charge in [-0.05, 0) is 30.0 Å². The van der Waals surface area contributed by atoms with Gasteiger partial charge in [-0.1, -0.05) is 48.0 Å². The van der Waals surface area contributed by atoms with E-state index < -0.39 is 0 Å². The molecule has 6 heteroatoms. The molecular weight excluding hydrogens is 404 g/mol. The number of amides is 1. The van der Waals surface area contributed by atoms with Gasteiger partial charge in [0.1, 0.15) is 12.4 Å². The number of ether oxygens (including phenoxy) is 3. The molecule has 174 valence electrons. The molecule has 32 heavy (non-hydrogen) atoms. The van der Waals surface area contributed by atoms with E-state index in [0.717, 1.165) is 25.4 Å². The van der Waals surface area contributed by atoms with Crippen LogP contribution in [0.3, 0.4) is 0 Å². The van der Waals surface area contributed by atoms with Crippen LogP contribution >= 0.6 is 0 Å². The fourth-order valence-corrected chi connectivity index (χ4v) is 4.57. The molecule has 0 spiro atoms. The maximum atomic E-state index is 12.7. The summed E-state index contributed by atoms with van der Waals surface area (Å²) in [4.78, 5) is 17.1. The standard InChI is InChI=1S/C26H36N2O4/c1-20-9-11-21(12-10-20)15-27-16-22(17-28(13-14-30-2)26(29)19-31-3)24(18-27)23-7-5-6-8-25(23)32-4/h5-12,22,24H,13-19H2,1-4H3. The van der Waals surface area contributed by atoms with E-state index in [9.17, 15) is 4.79 Å². The molecule has 0 saturated carbocycles. The maximum absolute atomic E-state index is 12.7. The lowest BCUT2D eigenvalue weighted by molar-refractivity contribution is -0.136. The predicted molar refractivity (Wildman–Crippen MR) is 126 cm³/mol. The van der Waals surface area contributed by atoms with Gasteiger partial charge in [0, 0.05) is 52.9 Å². The van der Waals surface area contributed by atoms with Crippen LogP contribution in [-0.4, -0.2) is 76.4 Å². The van der Waals surface area contributed by atoms with Crippen LogP contribution < -0.4 is 4.74 Å². The van der Waals surface area contributed by atoms with Gasteiger partial charge in [0.05, 0.1) is 13.7 Å². The third-order valence-electron chi connectivity index (χ3n) is 6.22. The summed E-state index contributed by atoms with van der Waals surface area (Å²) < 4.78 is 16.1. The SMILES string of the molecule is COCCN(CC1CN(Cc2ccc(C)cc2)CC1c1ccccc1OC)C(=O)COC. The Kier molecular flexibility index (Phi) is 9.09. The normalized spacial score (nSPS) is 18.6. The number of para-hydroxylation sites is 1. The Labute approximate surface area is 192 Å². The van der Waals surface area contributed by atoms with E-state index >= 15 is 0 Å². The molecule has 1 heterocycles. The number of hydrogen-bond donors (Lipinski definition) is 0. The van der Waals surface area contributed by atoms with Crippen LogP contribution in [0, 0.1) is 12.8 Å². The number of nitrogens with zero attached hydrogens (tertiary/aromatic N) is 2. The average Bonchev–Trinajstić information content (AvgIpc) is 3.20. The number of carbonyl (C=O) groups excluding carboxylic acids is 1. The summed E-state index contributed by atoms with van der Waals surface area (Å²) in [6, 6.07) is 17.0. The summed E-state index contributed by atoms with van der Waals surface area (Å²) in [5, 5.41) is 0. The van der Waals surface area contributed by atoms with Crippen LogP contribution in [0.4, 0.5) is 0 Å². The molecule has 1 fully saturated rings. The van der Waals surface area contributed by atoms with Crippen LogP contribution in [0.1, 0.15) is 22.6 Å². The highest BCUT2D eigenvalue weighted by Crippen LogP contribution is 2.38. The van der Waals surface area contributed by atoms with Crippen LogP contribution in [0.15, 0.2) is 48.5 Å². The highest BCUT2D eigenvalue weighted by Gasteiger charge is 2.37. The van der Waals surface area contributed by atoms with E-state index in [2.05, 4.69) is 48.2 Å². The van der Waals surface area contributed by atoms with Gasteiger partial charge in [-0.3, -0.25) is 9.69 Å². The minimum Gasteiger partial charge on any atom is -0.496 e. The monoisotopic (exact) mass is 440 g/mol. The number of carbonyl (C=O) groups is 1. The smallest absolute Gasteiger partial charge is 0.248 e. The zero-order valence-electron chi connectivity index (χ0n) is 19.8. The number of benzene rings is 2. The topological polar surface area (TPSA) is 51.2 Å². The summed E-state index contributed by atoms with van der Waals surface area (Å²) in [6.07, 6.45) is 0. The van der Waals surface area contributed by atoms with E-state index in [-0.39, 0.29) is 24.3 Å². The zero-order valence-corrected chi connectivity index (χ0v) is 19.8. The van der Waals surface area contributed by atoms with Crippen molar-refractivity contribution in [1.82, 2.24) is 9.80 Å².